The normalized spacial score (nSPS) is 21.3. The molecule has 1 amide bonds. The third kappa shape index (κ3) is 30.8. The van der Waals surface area contributed by atoms with Crippen LogP contribution in [-0.2, 0) is 14.3 Å². The van der Waals surface area contributed by atoms with Crippen molar-refractivity contribution in [1.29, 1.82) is 0 Å². The SMILES string of the molecule is CCCCCCC/C=C/CC/C=C/CC/C=C/C(O)C(COC1OC(CO)C(O)C(O)C1O)NC(=O)C(O)CCCCCCCC/C=C\CCCCCCCCCCCCC. The maximum absolute atomic E-state index is 13.1. The van der Waals surface area contributed by atoms with E-state index in [1.807, 2.05) is 6.08 Å². The zero-order chi connectivity index (χ0) is 44.6. The van der Waals surface area contributed by atoms with Gasteiger partial charge in [0.25, 0.3) is 0 Å². The highest BCUT2D eigenvalue weighted by atomic mass is 16.7. The molecule has 10 nitrogen and oxygen atoms in total. The van der Waals surface area contributed by atoms with E-state index in [-0.39, 0.29) is 6.61 Å². The third-order valence-electron chi connectivity index (χ3n) is 11.7. The second-order valence-corrected chi connectivity index (χ2v) is 17.4. The van der Waals surface area contributed by atoms with E-state index in [1.165, 1.54) is 122 Å². The average molecular weight is 864 g/mol. The van der Waals surface area contributed by atoms with Gasteiger partial charge in [-0.25, -0.2) is 0 Å². The van der Waals surface area contributed by atoms with Crippen molar-refractivity contribution in [3.63, 3.8) is 0 Å². The first-order chi connectivity index (χ1) is 29.8. The summed E-state index contributed by atoms with van der Waals surface area (Å²) in [5.74, 6) is -0.636. The fraction of sp³-hybridized carbons (Fsp3) is 0.824. The lowest BCUT2D eigenvalue weighted by atomic mass is 9.99. The molecule has 1 aliphatic rings. The van der Waals surface area contributed by atoms with Gasteiger partial charge in [-0.3, -0.25) is 4.79 Å². The largest absolute Gasteiger partial charge is 0.394 e. The van der Waals surface area contributed by atoms with Gasteiger partial charge in [0.05, 0.1) is 25.4 Å². The fourth-order valence-corrected chi connectivity index (χ4v) is 7.60. The summed E-state index contributed by atoms with van der Waals surface area (Å²) in [6, 6.07) is -1.01. The molecule has 1 aliphatic heterocycles. The third-order valence-corrected chi connectivity index (χ3v) is 11.7. The summed E-state index contributed by atoms with van der Waals surface area (Å²) in [4.78, 5) is 13.1. The van der Waals surface area contributed by atoms with Crippen LogP contribution >= 0.6 is 0 Å². The van der Waals surface area contributed by atoms with Gasteiger partial charge in [-0.2, -0.15) is 0 Å². The fourth-order valence-electron chi connectivity index (χ4n) is 7.60. The van der Waals surface area contributed by atoms with E-state index in [0.717, 1.165) is 51.4 Å². The van der Waals surface area contributed by atoms with Gasteiger partial charge in [0.1, 0.15) is 30.5 Å². The highest BCUT2D eigenvalue weighted by Gasteiger charge is 2.44. The number of aliphatic hydroxyl groups is 6. The molecule has 0 spiro atoms. The zero-order valence-electron chi connectivity index (χ0n) is 38.8. The highest BCUT2D eigenvalue weighted by molar-refractivity contribution is 5.80. The Hall–Kier alpha value is -1.89. The first-order valence-corrected chi connectivity index (χ1v) is 25.0. The molecule has 8 unspecified atom stereocenters. The quantitative estimate of drug-likeness (QED) is 0.0234. The summed E-state index contributed by atoms with van der Waals surface area (Å²) < 4.78 is 11.1. The molecule has 61 heavy (non-hydrogen) atoms. The minimum absolute atomic E-state index is 0.293. The van der Waals surface area contributed by atoms with Crippen molar-refractivity contribution in [3.8, 4) is 0 Å². The van der Waals surface area contributed by atoms with Crippen LogP contribution in [0, 0.1) is 0 Å². The smallest absolute Gasteiger partial charge is 0.249 e. The van der Waals surface area contributed by atoms with Crippen molar-refractivity contribution in [2.75, 3.05) is 13.2 Å². The maximum Gasteiger partial charge on any atom is 0.249 e. The average Bonchev–Trinajstić information content (AvgIpc) is 3.26. The van der Waals surface area contributed by atoms with Gasteiger partial charge < -0.3 is 45.4 Å². The first kappa shape index (κ1) is 57.1. The topological polar surface area (TPSA) is 169 Å². The molecular formula is C51H93NO9. The molecule has 0 bridgehead atoms. The molecule has 0 aliphatic carbocycles. The molecule has 1 saturated heterocycles. The van der Waals surface area contributed by atoms with Crippen molar-refractivity contribution in [3.05, 3.63) is 48.6 Å². The lowest BCUT2D eigenvalue weighted by molar-refractivity contribution is -0.302. The predicted octanol–water partition coefficient (Wildman–Crippen LogP) is 9.98. The molecule has 0 aromatic rings. The molecule has 0 radical (unpaired) electrons. The Bertz CT molecular complexity index is 1110. The summed E-state index contributed by atoms with van der Waals surface area (Å²) in [5, 5.41) is 64.7. The van der Waals surface area contributed by atoms with Gasteiger partial charge in [-0.1, -0.05) is 184 Å². The van der Waals surface area contributed by atoms with Crippen LogP contribution in [0.15, 0.2) is 48.6 Å². The molecule has 1 fully saturated rings. The molecule has 1 rings (SSSR count). The Kier molecular flexibility index (Phi) is 38.3. The Morgan fingerprint density at radius 1 is 0.557 bits per heavy atom. The van der Waals surface area contributed by atoms with Crippen LogP contribution in [0.1, 0.15) is 206 Å². The van der Waals surface area contributed by atoms with Gasteiger partial charge in [-0.05, 0) is 70.6 Å². The number of carbonyl (C=O) groups excluding carboxylic acids is 1. The Labute approximate surface area is 372 Å². The second-order valence-electron chi connectivity index (χ2n) is 17.4. The van der Waals surface area contributed by atoms with Crippen molar-refractivity contribution < 1.29 is 44.9 Å². The summed E-state index contributed by atoms with van der Waals surface area (Å²) in [6.07, 6.45) is 42.0. The summed E-state index contributed by atoms with van der Waals surface area (Å²) in [7, 11) is 0. The van der Waals surface area contributed by atoms with Crippen LogP contribution in [0.25, 0.3) is 0 Å². The minimum atomic E-state index is -1.62. The molecule has 0 aromatic carbocycles. The molecule has 7 N–H and O–H groups in total. The summed E-state index contributed by atoms with van der Waals surface area (Å²) in [6.45, 7) is 3.57. The van der Waals surface area contributed by atoms with Crippen LogP contribution in [0.5, 0.6) is 0 Å². The van der Waals surface area contributed by atoms with E-state index < -0.39 is 61.5 Å². The standard InChI is InChI=1S/C51H93NO9/c1-3-5-7-9-11-13-15-17-19-20-21-22-23-24-26-28-30-32-34-36-38-40-45(55)50(59)52-43(42-60-51-49(58)48(57)47(56)46(41-53)61-51)44(54)39-37-35-33-31-29-27-25-18-16-14-12-10-8-6-4-2/h16,18,23-24,29,31,37,39,43-49,51,53-58H,3-15,17,19-22,25-28,30,32-36,38,40-42H2,1-2H3,(H,52,59)/b18-16+,24-23-,31-29+,39-37+. The van der Waals surface area contributed by atoms with Gasteiger partial charge in [0, 0.05) is 0 Å². The van der Waals surface area contributed by atoms with Gasteiger partial charge in [-0.15, -0.1) is 0 Å². The molecule has 356 valence electrons. The lowest BCUT2D eigenvalue weighted by Gasteiger charge is -2.40. The van der Waals surface area contributed by atoms with Gasteiger partial charge in [0.15, 0.2) is 6.29 Å². The maximum atomic E-state index is 13.1. The highest BCUT2D eigenvalue weighted by Crippen LogP contribution is 2.23. The number of ether oxygens (including phenoxy) is 2. The number of carbonyl (C=O) groups is 1. The first-order valence-electron chi connectivity index (χ1n) is 25.0. The van der Waals surface area contributed by atoms with E-state index in [4.69, 9.17) is 9.47 Å². The van der Waals surface area contributed by atoms with Crippen LogP contribution < -0.4 is 5.32 Å². The van der Waals surface area contributed by atoms with Crippen molar-refractivity contribution in [2.45, 2.75) is 255 Å². The molecule has 1 heterocycles. The van der Waals surface area contributed by atoms with Gasteiger partial charge in [0.2, 0.25) is 5.91 Å². The number of rotatable bonds is 41. The molecular weight excluding hydrogens is 771 g/mol. The van der Waals surface area contributed by atoms with Crippen LogP contribution in [0.3, 0.4) is 0 Å². The van der Waals surface area contributed by atoms with Crippen molar-refractivity contribution >= 4 is 5.91 Å². The van der Waals surface area contributed by atoms with E-state index in [2.05, 4.69) is 55.6 Å². The monoisotopic (exact) mass is 864 g/mol. The predicted molar refractivity (Wildman–Crippen MR) is 250 cm³/mol. The number of unbranched alkanes of at least 4 members (excludes halogenated alkanes) is 24. The molecule has 10 heteroatoms. The van der Waals surface area contributed by atoms with E-state index >= 15 is 0 Å². The minimum Gasteiger partial charge on any atom is -0.394 e. The Morgan fingerprint density at radius 2 is 0.967 bits per heavy atom. The van der Waals surface area contributed by atoms with Crippen LogP contribution in [0.2, 0.25) is 0 Å². The van der Waals surface area contributed by atoms with Gasteiger partial charge >= 0.3 is 0 Å². The lowest BCUT2D eigenvalue weighted by Crippen LogP contribution is -2.60. The van der Waals surface area contributed by atoms with Crippen LogP contribution in [0.4, 0.5) is 0 Å². The number of nitrogens with one attached hydrogen (secondary N) is 1. The van der Waals surface area contributed by atoms with E-state index in [1.54, 1.807) is 6.08 Å². The van der Waals surface area contributed by atoms with E-state index in [9.17, 15) is 35.4 Å². The summed E-state index contributed by atoms with van der Waals surface area (Å²) in [5.41, 5.74) is 0. The Morgan fingerprint density at radius 3 is 1.43 bits per heavy atom. The Balaban J connectivity index is 2.39. The number of aliphatic hydroxyl groups excluding tert-OH is 6. The number of allylic oxidation sites excluding steroid dienone is 7. The number of hydrogen-bond acceptors (Lipinski definition) is 9. The second kappa shape index (κ2) is 40.9. The molecule has 0 saturated carbocycles. The van der Waals surface area contributed by atoms with E-state index in [0.29, 0.717) is 19.3 Å². The van der Waals surface area contributed by atoms with Crippen molar-refractivity contribution in [2.24, 2.45) is 0 Å². The number of hydrogen-bond donors (Lipinski definition) is 7. The summed E-state index contributed by atoms with van der Waals surface area (Å²) >= 11 is 0. The molecule has 0 aromatic heterocycles. The van der Waals surface area contributed by atoms with Crippen LogP contribution in [-0.4, -0.2) is 98.7 Å². The number of amides is 1. The van der Waals surface area contributed by atoms with Crippen molar-refractivity contribution in [1.82, 2.24) is 5.32 Å². The zero-order valence-corrected chi connectivity index (χ0v) is 38.8. The molecule has 8 atom stereocenters.